The maximum Gasteiger partial charge on any atom is 0.410 e. The smallest absolute Gasteiger partial charge is 0.410 e. The van der Waals surface area contributed by atoms with Gasteiger partial charge in [-0.3, -0.25) is 0 Å². The van der Waals surface area contributed by atoms with Crippen molar-refractivity contribution in [3.05, 3.63) is 35.4 Å². The molecule has 3 atom stereocenters. The maximum atomic E-state index is 12.3. The molecular formula is C19H24ClN3O3. The number of ether oxygens (including phenoxy) is 1. The molecule has 0 radical (unpaired) electrons. The van der Waals surface area contributed by atoms with Crippen molar-refractivity contribution in [1.82, 2.24) is 14.3 Å². The lowest BCUT2D eigenvalue weighted by molar-refractivity contribution is 0.0159. The van der Waals surface area contributed by atoms with E-state index in [9.17, 15) is 9.90 Å². The lowest BCUT2D eigenvalue weighted by Gasteiger charge is -2.28. The number of carbonyl (C=O) groups excluding carboxylic acids is 1. The molecule has 26 heavy (non-hydrogen) atoms. The quantitative estimate of drug-likeness (QED) is 0.826. The average molecular weight is 378 g/mol. The summed E-state index contributed by atoms with van der Waals surface area (Å²) in [6, 6.07) is 1.84. The largest absolute Gasteiger partial charge is 0.444 e. The van der Waals surface area contributed by atoms with Crippen LogP contribution in [0.15, 0.2) is 24.8 Å². The van der Waals surface area contributed by atoms with Crippen molar-refractivity contribution >= 4 is 23.2 Å². The first-order chi connectivity index (χ1) is 12.1. The number of nitrogens with zero attached hydrogens (tertiary/aromatic N) is 3. The van der Waals surface area contributed by atoms with Gasteiger partial charge in [0.25, 0.3) is 0 Å². The van der Waals surface area contributed by atoms with Gasteiger partial charge in [0, 0.05) is 24.8 Å². The molecule has 1 amide bonds. The fraction of sp³-hybridized carbons (Fsp3) is 0.579. The van der Waals surface area contributed by atoms with Gasteiger partial charge in [0.05, 0.1) is 28.7 Å². The Kier molecular flexibility index (Phi) is 3.97. The molecule has 3 heterocycles. The molecule has 2 fully saturated rings. The Labute approximate surface area is 157 Å². The van der Waals surface area contributed by atoms with Crippen LogP contribution in [0.5, 0.6) is 0 Å². The molecule has 0 spiro atoms. The van der Waals surface area contributed by atoms with Crippen LogP contribution in [0, 0.1) is 11.8 Å². The summed E-state index contributed by atoms with van der Waals surface area (Å²) >= 11 is 6.24. The third-order valence-electron chi connectivity index (χ3n) is 5.42. The van der Waals surface area contributed by atoms with Crippen molar-refractivity contribution in [1.29, 1.82) is 0 Å². The van der Waals surface area contributed by atoms with Gasteiger partial charge in [-0.15, -0.1) is 0 Å². The fourth-order valence-corrected chi connectivity index (χ4v) is 4.63. The summed E-state index contributed by atoms with van der Waals surface area (Å²) in [6.07, 6.45) is 6.18. The molecule has 2 aromatic rings. The molecule has 1 N–H and O–H groups in total. The van der Waals surface area contributed by atoms with E-state index in [1.165, 1.54) is 0 Å². The van der Waals surface area contributed by atoms with Crippen LogP contribution in [-0.4, -0.2) is 44.2 Å². The molecule has 1 unspecified atom stereocenters. The number of rotatable bonds is 1. The van der Waals surface area contributed by atoms with Gasteiger partial charge in [-0.1, -0.05) is 11.6 Å². The predicted molar refractivity (Wildman–Crippen MR) is 98.1 cm³/mol. The number of fused-ring (bicyclic) bond motifs is 2. The summed E-state index contributed by atoms with van der Waals surface area (Å²) in [5, 5.41) is 12.0. The van der Waals surface area contributed by atoms with Crippen LogP contribution in [0.4, 0.5) is 4.79 Å². The molecule has 7 heteroatoms. The zero-order valence-corrected chi connectivity index (χ0v) is 16.0. The number of carbonyl (C=O) groups is 1. The second-order valence-corrected chi connectivity index (χ2v) is 9.04. The zero-order chi connectivity index (χ0) is 18.7. The van der Waals surface area contributed by atoms with Crippen molar-refractivity contribution in [3.63, 3.8) is 0 Å². The molecule has 2 aromatic heterocycles. The minimum atomic E-state index is -0.943. The number of hydrogen-bond donors (Lipinski definition) is 1. The van der Waals surface area contributed by atoms with E-state index in [-0.39, 0.29) is 17.9 Å². The van der Waals surface area contributed by atoms with Crippen LogP contribution in [0.3, 0.4) is 0 Å². The number of aliphatic hydroxyl groups is 1. The monoisotopic (exact) mass is 377 g/mol. The molecule has 1 aliphatic carbocycles. The number of likely N-dealkylation sites (tertiary alicyclic amines) is 1. The highest BCUT2D eigenvalue weighted by molar-refractivity contribution is 6.30. The number of aromatic nitrogens is 2. The highest BCUT2D eigenvalue weighted by Gasteiger charge is 2.51. The van der Waals surface area contributed by atoms with Gasteiger partial charge in [0.1, 0.15) is 5.60 Å². The standard InChI is InChI=1S/C19H24ClN3O3/c1-18(2,3)26-17(24)22-8-12-5-19(25,6-13(12)9-22)15-4-14(20)10-23-11-21-7-16(15)23/h4,7,10-13,25H,5-6,8-9H2,1-3H3/t12-,13+,19?. The van der Waals surface area contributed by atoms with Gasteiger partial charge in [-0.2, -0.15) is 0 Å². The number of halogens is 1. The van der Waals surface area contributed by atoms with Crippen LogP contribution >= 0.6 is 11.6 Å². The number of pyridine rings is 1. The molecular weight excluding hydrogens is 354 g/mol. The Hall–Kier alpha value is -1.79. The normalized spacial score (nSPS) is 28.6. The number of imidazole rings is 1. The Morgan fingerprint density at radius 3 is 2.62 bits per heavy atom. The number of hydrogen-bond acceptors (Lipinski definition) is 4. The molecule has 6 nitrogen and oxygen atoms in total. The minimum absolute atomic E-state index is 0.259. The van der Waals surface area contributed by atoms with E-state index in [1.54, 1.807) is 23.6 Å². The third-order valence-corrected chi connectivity index (χ3v) is 5.62. The van der Waals surface area contributed by atoms with Crippen LogP contribution in [0.25, 0.3) is 5.52 Å². The van der Waals surface area contributed by atoms with Crippen LogP contribution in [0.1, 0.15) is 39.2 Å². The molecule has 1 saturated carbocycles. The van der Waals surface area contributed by atoms with E-state index in [2.05, 4.69) is 4.98 Å². The van der Waals surface area contributed by atoms with Crippen LogP contribution in [-0.2, 0) is 10.3 Å². The molecule has 140 valence electrons. The van der Waals surface area contributed by atoms with E-state index >= 15 is 0 Å². The van der Waals surface area contributed by atoms with Gasteiger partial charge in [-0.05, 0) is 51.5 Å². The van der Waals surface area contributed by atoms with E-state index in [4.69, 9.17) is 16.3 Å². The Bertz CT molecular complexity index is 843. The van der Waals surface area contributed by atoms with Crippen LogP contribution < -0.4 is 0 Å². The highest BCUT2D eigenvalue weighted by Crippen LogP contribution is 2.50. The van der Waals surface area contributed by atoms with Crippen molar-refractivity contribution < 1.29 is 14.6 Å². The van der Waals surface area contributed by atoms with Gasteiger partial charge >= 0.3 is 6.09 Å². The summed E-state index contributed by atoms with van der Waals surface area (Å²) < 4.78 is 7.33. The summed E-state index contributed by atoms with van der Waals surface area (Å²) in [4.78, 5) is 18.3. The Morgan fingerprint density at radius 2 is 2.00 bits per heavy atom. The third kappa shape index (κ3) is 3.05. The maximum absolute atomic E-state index is 12.3. The SMILES string of the molecule is CC(C)(C)OC(=O)N1C[C@@H]2CC(O)(c3cc(Cl)cn4cncc34)C[C@@H]2C1. The Balaban J connectivity index is 1.53. The second-order valence-electron chi connectivity index (χ2n) is 8.60. The lowest BCUT2D eigenvalue weighted by atomic mass is 9.90. The van der Waals surface area contributed by atoms with Gasteiger partial charge in [-0.25, -0.2) is 9.78 Å². The van der Waals surface area contributed by atoms with E-state index < -0.39 is 11.2 Å². The first kappa shape index (κ1) is 17.6. The van der Waals surface area contributed by atoms with Gasteiger partial charge in [0.15, 0.2) is 0 Å². The molecule has 2 aliphatic rings. The van der Waals surface area contributed by atoms with Crippen molar-refractivity contribution in [2.24, 2.45) is 11.8 Å². The topological polar surface area (TPSA) is 67.1 Å². The summed E-state index contributed by atoms with van der Waals surface area (Å²) in [5.74, 6) is 0.518. The van der Waals surface area contributed by atoms with Gasteiger partial charge < -0.3 is 19.1 Å². The van der Waals surface area contributed by atoms with Crippen molar-refractivity contribution in [3.8, 4) is 0 Å². The van der Waals surface area contributed by atoms with Crippen molar-refractivity contribution in [2.75, 3.05) is 13.1 Å². The highest BCUT2D eigenvalue weighted by atomic mass is 35.5. The van der Waals surface area contributed by atoms with E-state index in [0.29, 0.717) is 31.0 Å². The average Bonchev–Trinajstić information content (AvgIpc) is 3.17. The first-order valence-corrected chi connectivity index (χ1v) is 9.34. The van der Waals surface area contributed by atoms with E-state index in [0.717, 1.165) is 11.1 Å². The molecule has 0 bridgehead atoms. The fourth-order valence-electron chi connectivity index (χ4n) is 4.42. The van der Waals surface area contributed by atoms with Gasteiger partial charge in [0.2, 0.25) is 0 Å². The van der Waals surface area contributed by atoms with Crippen LogP contribution in [0.2, 0.25) is 5.02 Å². The molecule has 0 aromatic carbocycles. The van der Waals surface area contributed by atoms with E-state index in [1.807, 2.05) is 31.2 Å². The molecule has 4 rings (SSSR count). The second kappa shape index (κ2) is 5.86. The Morgan fingerprint density at radius 1 is 1.35 bits per heavy atom. The molecule has 1 saturated heterocycles. The number of amides is 1. The van der Waals surface area contributed by atoms with Crippen molar-refractivity contribution in [2.45, 2.75) is 44.8 Å². The summed E-state index contributed by atoms with van der Waals surface area (Å²) in [6.45, 7) is 6.86. The zero-order valence-electron chi connectivity index (χ0n) is 15.3. The lowest BCUT2D eigenvalue weighted by Crippen LogP contribution is -2.37. The first-order valence-electron chi connectivity index (χ1n) is 8.97. The molecule has 1 aliphatic heterocycles. The summed E-state index contributed by atoms with van der Waals surface area (Å²) in [7, 11) is 0. The minimum Gasteiger partial charge on any atom is -0.444 e. The summed E-state index contributed by atoms with van der Waals surface area (Å²) in [5.41, 5.74) is 0.257. The predicted octanol–water partition coefficient (Wildman–Crippen LogP) is 3.45.